The van der Waals surface area contributed by atoms with Crippen molar-refractivity contribution in [2.45, 2.75) is 25.3 Å². The van der Waals surface area contributed by atoms with Gasteiger partial charge in [-0.3, -0.25) is 0 Å². The minimum absolute atomic E-state index is 0.0435. The van der Waals surface area contributed by atoms with Crippen LogP contribution in [0, 0.1) is 11.3 Å². The Morgan fingerprint density at radius 3 is 2.62 bits per heavy atom. The Bertz CT molecular complexity index is 891. The number of nitriles is 1. The number of rotatable bonds is 6. The van der Waals surface area contributed by atoms with Crippen LogP contribution in [0.1, 0.15) is 30.4 Å². The summed E-state index contributed by atoms with van der Waals surface area (Å²) in [5.74, 6) is 0.235. The highest BCUT2D eigenvalue weighted by molar-refractivity contribution is 7.89. The zero-order valence-electron chi connectivity index (χ0n) is 14.8. The van der Waals surface area contributed by atoms with Crippen LogP contribution in [-0.4, -0.2) is 37.6 Å². The van der Waals surface area contributed by atoms with E-state index in [1.165, 1.54) is 0 Å². The largest absolute Gasteiger partial charge is 0.380 e. The fourth-order valence-electron chi connectivity index (χ4n) is 3.46. The van der Waals surface area contributed by atoms with Gasteiger partial charge in [-0.25, -0.2) is 8.42 Å². The molecule has 1 N–H and O–H groups in total. The lowest BCUT2D eigenvalue weighted by Crippen LogP contribution is -2.33. The van der Waals surface area contributed by atoms with Crippen LogP contribution < -0.4 is 5.32 Å². The van der Waals surface area contributed by atoms with E-state index in [0.717, 1.165) is 11.3 Å². The fraction of sp³-hybridized carbons (Fsp3) is 0.350. The van der Waals surface area contributed by atoms with Crippen molar-refractivity contribution in [1.82, 2.24) is 4.31 Å². The maximum atomic E-state index is 12.6. The van der Waals surface area contributed by atoms with E-state index in [1.807, 2.05) is 49.4 Å². The minimum Gasteiger partial charge on any atom is -0.380 e. The molecule has 1 aliphatic heterocycles. The van der Waals surface area contributed by atoms with E-state index >= 15 is 0 Å². The Morgan fingerprint density at radius 2 is 1.92 bits per heavy atom. The molecule has 0 aliphatic carbocycles. The van der Waals surface area contributed by atoms with Gasteiger partial charge in [0.2, 0.25) is 10.0 Å². The number of hydrogen-bond acceptors (Lipinski definition) is 4. The normalized spacial score (nSPS) is 20.6. The average Bonchev–Trinajstić information content (AvgIpc) is 3.07. The third-order valence-electron chi connectivity index (χ3n) is 4.71. The molecule has 2 aromatic rings. The fourth-order valence-corrected chi connectivity index (χ4v) is 5.01. The first-order valence-corrected chi connectivity index (χ1v) is 10.4. The number of nitrogens with zero attached hydrogens (tertiary/aromatic N) is 2. The lowest BCUT2D eigenvalue weighted by atomic mass is 9.94. The molecule has 0 aromatic heterocycles. The molecule has 6 heteroatoms. The molecule has 5 nitrogen and oxygen atoms in total. The second-order valence-electron chi connectivity index (χ2n) is 6.59. The summed E-state index contributed by atoms with van der Waals surface area (Å²) in [6.07, 6.45) is 0.608. The minimum atomic E-state index is -3.25. The van der Waals surface area contributed by atoms with Gasteiger partial charge in [0.1, 0.15) is 0 Å². The molecule has 1 aliphatic rings. The van der Waals surface area contributed by atoms with Crippen molar-refractivity contribution in [2.24, 2.45) is 0 Å². The molecule has 136 valence electrons. The summed E-state index contributed by atoms with van der Waals surface area (Å²) in [5, 5.41) is 12.5. The van der Waals surface area contributed by atoms with Crippen LogP contribution in [0.4, 0.5) is 5.69 Å². The van der Waals surface area contributed by atoms with Gasteiger partial charge in [0.25, 0.3) is 0 Å². The van der Waals surface area contributed by atoms with Gasteiger partial charge in [-0.05, 0) is 30.2 Å². The topological polar surface area (TPSA) is 73.2 Å². The molecule has 0 radical (unpaired) electrons. The Labute approximate surface area is 155 Å². The van der Waals surface area contributed by atoms with Gasteiger partial charge < -0.3 is 5.32 Å². The van der Waals surface area contributed by atoms with Gasteiger partial charge in [-0.2, -0.15) is 9.57 Å². The quantitative estimate of drug-likeness (QED) is 0.849. The van der Waals surface area contributed by atoms with Crippen LogP contribution in [-0.2, 0) is 10.0 Å². The first-order chi connectivity index (χ1) is 12.5. The molecule has 0 saturated carbocycles. The van der Waals surface area contributed by atoms with Gasteiger partial charge in [0, 0.05) is 30.7 Å². The highest BCUT2D eigenvalue weighted by atomic mass is 32.2. The second-order valence-corrected chi connectivity index (χ2v) is 8.68. The Morgan fingerprint density at radius 1 is 1.15 bits per heavy atom. The van der Waals surface area contributed by atoms with E-state index in [9.17, 15) is 8.42 Å². The van der Waals surface area contributed by atoms with Gasteiger partial charge in [0.05, 0.1) is 17.4 Å². The van der Waals surface area contributed by atoms with E-state index in [0.29, 0.717) is 25.1 Å². The highest BCUT2D eigenvalue weighted by Crippen LogP contribution is 2.32. The zero-order valence-corrected chi connectivity index (χ0v) is 15.6. The summed E-state index contributed by atoms with van der Waals surface area (Å²) in [5.41, 5.74) is 2.54. The summed E-state index contributed by atoms with van der Waals surface area (Å²) in [4.78, 5) is 0. The Hall–Kier alpha value is -2.36. The Balaban J connectivity index is 1.88. The van der Waals surface area contributed by atoms with E-state index in [-0.39, 0.29) is 17.7 Å². The third-order valence-corrected chi connectivity index (χ3v) is 6.72. The van der Waals surface area contributed by atoms with Crippen LogP contribution >= 0.6 is 0 Å². The van der Waals surface area contributed by atoms with Crippen LogP contribution in [0.2, 0.25) is 0 Å². The van der Waals surface area contributed by atoms with Gasteiger partial charge >= 0.3 is 0 Å². The molecule has 3 rings (SSSR count). The molecule has 0 bridgehead atoms. The molecular formula is C20H23N3O2S. The number of nitrogens with one attached hydrogen (secondary N) is 1. The summed E-state index contributed by atoms with van der Waals surface area (Å²) in [6.45, 7) is 2.78. The first-order valence-electron chi connectivity index (χ1n) is 8.83. The third kappa shape index (κ3) is 4.06. The predicted molar refractivity (Wildman–Crippen MR) is 103 cm³/mol. The van der Waals surface area contributed by atoms with Crippen molar-refractivity contribution < 1.29 is 8.42 Å². The molecular weight excluding hydrogens is 346 g/mol. The molecule has 0 spiro atoms. The predicted octanol–water partition coefficient (Wildman–Crippen LogP) is 3.18. The number of hydrogen-bond donors (Lipinski definition) is 1. The van der Waals surface area contributed by atoms with Crippen molar-refractivity contribution >= 4 is 15.7 Å². The average molecular weight is 369 g/mol. The van der Waals surface area contributed by atoms with Crippen molar-refractivity contribution in [3.8, 4) is 6.07 Å². The molecule has 2 unspecified atom stereocenters. The summed E-state index contributed by atoms with van der Waals surface area (Å²) in [6, 6.07) is 19.4. The number of anilines is 1. The van der Waals surface area contributed by atoms with E-state index in [4.69, 9.17) is 5.26 Å². The highest BCUT2D eigenvalue weighted by Gasteiger charge is 2.39. The molecule has 26 heavy (non-hydrogen) atoms. The van der Waals surface area contributed by atoms with E-state index in [1.54, 1.807) is 16.4 Å². The lowest BCUT2D eigenvalue weighted by molar-refractivity contribution is 0.470. The molecule has 1 saturated heterocycles. The number of benzene rings is 2. The van der Waals surface area contributed by atoms with Crippen molar-refractivity contribution in [3.63, 3.8) is 0 Å². The van der Waals surface area contributed by atoms with Gasteiger partial charge in [0.15, 0.2) is 0 Å². The van der Waals surface area contributed by atoms with Crippen LogP contribution in [0.25, 0.3) is 0 Å². The monoisotopic (exact) mass is 369 g/mol. The molecule has 2 atom stereocenters. The van der Waals surface area contributed by atoms with Crippen molar-refractivity contribution in [2.75, 3.05) is 24.2 Å². The molecule has 2 aromatic carbocycles. The standard InChI is InChI=1S/C20H23N3O2S/c1-2-11-26(24,25)23-14-19(17-8-4-3-5-9-17)20(15-23)22-18-10-6-7-16(12-18)13-21/h3-10,12,19-20,22H,2,11,14-15H2,1H3. The molecule has 1 fully saturated rings. The molecule has 1 heterocycles. The smallest absolute Gasteiger partial charge is 0.214 e. The second kappa shape index (κ2) is 7.90. The summed E-state index contributed by atoms with van der Waals surface area (Å²) in [7, 11) is -3.25. The van der Waals surface area contributed by atoms with Crippen molar-refractivity contribution in [1.29, 1.82) is 5.26 Å². The van der Waals surface area contributed by atoms with E-state index in [2.05, 4.69) is 11.4 Å². The maximum absolute atomic E-state index is 12.6. The van der Waals surface area contributed by atoms with Crippen LogP contribution in [0.3, 0.4) is 0 Å². The van der Waals surface area contributed by atoms with Gasteiger partial charge in [-0.15, -0.1) is 0 Å². The maximum Gasteiger partial charge on any atom is 0.214 e. The zero-order chi connectivity index (χ0) is 18.6. The van der Waals surface area contributed by atoms with Crippen LogP contribution in [0.5, 0.6) is 0 Å². The van der Waals surface area contributed by atoms with Gasteiger partial charge in [-0.1, -0.05) is 43.3 Å². The SMILES string of the molecule is CCCS(=O)(=O)N1CC(Nc2cccc(C#N)c2)C(c2ccccc2)C1. The molecule has 0 amide bonds. The first kappa shape index (κ1) is 18.4. The summed E-state index contributed by atoms with van der Waals surface area (Å²) >= 11 is 0. The lowest BCUT2D eigenvalue weighted by Gasteiger charge is -2.21. The van der Waals surface area contributed by atoms with Crippen molar-refractivity contribution in [3.05, 3.63) is 65.7 Å². The van der Waals surface area contributed by atoms with E-state index < -0.39 is 10.0 Å². The Kier molecular flexibility index (Phi) is 5.60. The summed E-state index contributed by atoms with van der Waals surface area (Å²) < 4.78 is 26.7. The van der Waals surface area contributed by atoms with Crippen LogP contribution in [0.15, 0.2) is 54.6 Å². The number of sulfonamides is 1.